The van der Waals surface area contributed by atoms with Crippen molar-refractivity contribution in [1.82, 2.24) is 0 Å². The lowest BCUT2D eigenvalue weighted by atomic mass is 9.72. The summed E-state index contributed by atoms with van der Waals surface area (Å²) in [6.07, 6.45) is -1.20. The van der Waals surface area contributed by atoms with Crippen LogP contribution in [0.5, 0.6) is 0 Å². The monoisotopic (exact) mass is 306 g/mol. The number of hydrogen-bond donors (Lipinski definition) is 3. The second kappa shape index (κ2) is 7.02. The van der Waals surface area contributed by atoms with Gasteiger partial charge in [-0.05, 0) is 20.8 Å². The van der Waals surface area contributed by atoms with Gasteiger partial charge < -0.3 is 24.8 Å². The lowest BCUT2D eigenvalue weighted by Gasteiger charge is -2.35. The molecule has 0 saturated heterocycles. The van der Waals surface area contributed by atoms with Gasteiger partial charge in [0.25, 0.3) is 0 Å². The summed E-state index contributed by atoms with van der Waals surface area (Å²) < 4.78 is 9.08. The Bertz CT molecular complexity index is 440. The van der Waals surface area contributed by atoms with E-state index in [0.717, 1.165) is 13.8 Å². The Kier molecular flexibility index (Phi) is 6.30. The van der Waals surface area contributed by atoms with Crippen LogP contribution in [0.15, 0.2) is 0 Å². The number of carbonyl (C=O) groups excluding carboxylic acids is 2. The molecule has 0 radical (unpaired) electrons. The Morgan fingerprint density at radius 2 is 1.57 bits per heavy atom. The first-order valence-corrected chi connectivity index (χ1v) is 5.99. The SMILES string of the molecule is CCOC(=O)COC(=O)C(C)(C)C(O)(CC(=O)O)C(=O)O. The first-order valence-electron chi connectivity index (χ1n) is 5.99. The molecule has 0 aliphatic heterocycles. The van der Waals surface area contributed by atoms with Crippen molar-refractivity contribution in [2.24, 2.45) is 5.41 Å². The smallest absolute Gasteiger partial charge is 0.344 e. The van der Waals surface area contributed by atoms with E-state index >= 15 is 0 Å². The van der Waals surface area contributed by atoms with Gasteiger partial charge in [0.1, 0.15) is 5.41 Å². The van der Waals surface area contributed by atoms with Gasteiger partial charge in [0.05, 0.1) is 13.0 Å². The molecule has 0 bridgehead atoms. The van der Waals surface area contributed by atoms with E-state index < -0.39 is 47.9 Å². The van der Waals surface area contributed by atoms with E-state index in [4.69, 9.17) is 10.2 Å². The van der Waals surface area contributed by atoms with Gasteiger partial charge in [-0.2, -0.15) is 0 Å². The highest BCUT2D eigenvalue weighted by Gasteiger charge is 2.57. The quantitative estimate of drug-likeness (QED) is 0.500. The molecule has 120 valence electrons. The van der Waals surface area contributed by atoms with Crippen LogP contribution in [0, 0.1) is 5.41 Å². The van der Waals surface area contributed by atoms with E-state index in [1.807, 2.05) is 0 Å². The van der Waals surface area contributed by atoms with Crippen LogP contribution >= 0.6 is 0 Å². The number of esters is 2. The summed E-state index contributed by atoms with van der Waals surface area (Å²) in [7, 11) is 0. The highest BCUT2D eigenvalue weighted by Crippen LogP contribution is 2.35. The predicted octanol–water partition coefficient (Wildman–Crippen LogP) is -0.591. The Hall–Kier alpha value is -2.16. The molecule has 0 aliphatic carbocycles. The number of carboxylic acid groups (broad SMARTS) is 2. The molecule has 0 aromatic heterocycles. The second-order valence-electron chi connectivity index (χ2n) is 4.74. The summed E-state index contributed by atoms with van der Waals surface area (Å²) in [5, 5.41) is 27.7. The molecule has 9 heteroatoms. The minimum absolute atomic E-state index is 0.0673. The third-order valence-electron chi connectivity index (χ3n) is 2.93. The van der Waals surface area contributed by atoms with Crippen molar-refractivity contribution in [3.8, 4) is 0 Å². The molecule has 1 atom stereocenters. The standard InChI is InChI=1S/C12H18O9/c1-4-20-8(15)6-21-10(18)11(2,3)12(19,9(16)17)5-7(13)14/h19H,4-6H2,1-3H3,(H,13,14)(H,16,17). The molecule has 0 aromatic carbocycles. The molecule has 1 unspecified atom stereocenters. The highest BCUT2D eigenvalue weighted by atomic mass is 16.6. The van der Waals surface area contributed by atoms with E-state index in [0.29, 0.717) is 0 Å². The van der Waals surface area contributed by atoms with Crippen molar-refractivity contribution in [3.63, 3.8) is 0 Å². The van der Waals surface area contributed by atoms with Crippen LogP contribution in [0.25, 0.3) is 0 Å². The minimum atomic E-state index is -2.88. The Morgan fingerprint density at radius 1 is 1.05 bits per heavy atom. The topological polar surface area (TPSA) is 147 Å². The van der Waals surface area contributed by atoms with Crippen LogP contribution in [-0.2, 0) is 28.7 Å². The number of aliphatic carboxylic acids is 2. The average Bonchev–Trinajstić information content (AvgIpc) is 2.34. The van der Waals surface area contributed by atoms with Crippen LogP contribution in [0.3, 0.4) is 0 Å². The van der Waals surface area contributed by atoms with E-state index in [-0.39, 0.29) is 6.61 Å². The fraction of sp³-hybridized carbons (Fsp3) is 0.667. The van der Waals surface area contributed by atoms with Crippen LogP contribution < -0.4 is 0 Å². The van der Waals surface area contributed by atoms with Gasteiger partial charge >= 0.3 is 23.9 Å². The van der Waals surface area contributed by atoms with Crippen molar-refractivity contribution < 1.29 is 44.0 Å². The lowest BCUT2D eigenvalue weighted by Crippen LogP contribution is -2.57. The van der Waals surface area contributed by atoms with Crippen molar-refractivity contribution in [2.45, 2.75) is 32.8 Å². The summed E-state index contributed by atoms with van der Waals surface area (Å²) >= 11 is 0. The molecule has 0 saturated carbocycles. The fourth-order valence-corrected chi connectivity index (χ4v) is 1.46. The van der Waals surface area contributed by atoms with Gasteiger partial charge in [-0.1, -0.05) is 0 Å². The Morgan fingerprint density at radius 3 is 1.95 bits per heavy atom. The molecule has 0 heterocycles. The van der Waals surface area contributed by atoms with E-state index in [1.54, 1.807) is 6.92 Å². The largest absolute Gasteiger partial charge is 0.481 e. The molecule has 0 aliphatic rings. The van der Waals surface area contributed by atoms with Crippen LogP contribution in [0.1, 0.15) is 27.2 Å². The molecule has 0 amide bonds. The van der Waals surface area contributed by atoms with E-state index in [2.05, 4.69) is 9.47 Å². The number of aliphatic hydroxyl groups is 1. The zero-order chi connectivity index (χ0) is 16.8. The van der Waals surface area contributed by atoms with E-state index in [1.165, 1.54) is 0 Å². The van der Waals surface area contributed by atoms with E-state index in [9.17, 15) is 24.3 Å². The summed E-state index contributed by atoms with van der Waals surface area (Å²) in [6.45, 7) is 2.87. The van der Waals surface area contributed by atoms with Gasteiger partial charge in [-0.3, -0.25) is 9.59 Å². The third kappa shape index (κ3) is 4.42. The number of carbonyl (C=O) groups is 4. The number of rotatable bonds is 8. The summed E-state index contributed by atoms with van der Waals surface area (Å²) in [5.74, 6) is -5.57. The number of hydrogen-bond acceptors (Lipinski definition) is 7. The van der Waals surface area contributed by atoms with Gasteiger partial charge in [0, 0.05) is 0 Å². The lowest BCUT2D eigenvalue weighted by molar-refractivity contribution is -0.193. The molecular weight excluding hydrogens is 288 g/mol. The minimum Gasteiger partial charge on any atom is -0.481 e. The van der Waals surface area contributed by atoms with Crippen molar-refractivity contribution >= 4 is 23.9 Å². The van der Waals surface area contributed by atoms with Crippen LogP contribution in [-0.4, -0.2) is 58.0 Å². The third-order valence-corrected chi connectivity index (χ3v) is 2.93. The first kappa shape index (κ1) is 18.8. The Labute approximate surface area is 120 Å². The van der Waals surface area contributed by atoms with Gasteiger partial charge in [0.15, 0.2) is 12.2 Å². The van der Waals surface area contributed by atoms with Crippen molar-refractivity contribution in [2.75, 3.05) is 13.2 Å². The van der Waals surface area contributed by atoms with Gasteiger partial charge in [-0.25, -0.2) is 9.59 Å². The Balaban J connectivity index is 5.12. The molecule has 0 rings (SSSR count). The van der Waals surface area contributed by atoms with Crippen LogP contribution in [0.4, 0.5) is 0 Å². The van der Waals surface area contributed by atoms with Gasteiger partial charge in [0.2, 0.25) is 0 Å². The van der Waals surface area contributed by atoms with Gasteiger partial charge in [-0.15, -0.1) is 0 Å². The zero-order valence-electron chi connectivity index (χ0n) is 11.9. The maximum absolute atomic E-state index is 11.9. The fourth-order valence-electron chi connectivity index (χ4n) is 1.46. The number of ether oxygens (including phenoxy) is 2. The molecule has 0 spiro atoms. The van der Waals surface area contributed by atoms with Crippen molar-refractivity contribution in [3.05, 3.63) is 0 Å². The number of carboxylic acids is 2. The maximum Gasteiger partial charge on any atom is 0.344 e. The average molecular weight is 306 g/mol. The molecule has 9 nitrogen and oxygen atoms in total. The van der Waals surface area contributed by atoms with Crippen molar-refractivity contribution in [1.29, 1.82) is 0 Å². The molecule has 3 N–H and O–H groups in total. The first-order chi connectivity index (χ1) is 9.49. The van der Waals surface area contributed by atoms with Crippen LogP contribution in [0.2, 0.25) is 0 Å². The molecule has 21 heavy (non-hydrogen) atoms. The molecule has 0 fully saturated rings. The predicted molar refractivity (Wildman–Crippen MR) is 66.2 cm³/mol. The summed E-state index contributed by atoms with van der Waals surface area (Å²) in [4.78, 5) is 44.7. The molecular formula is C12H18O9. The maximum atomic E-state index is 11.9. The summed E-state index contributed by atoms with van der Waals surface area (Å²) in [6, 6.07) is 0. The zero-order valence-corrected chi connectivity index (χ0v) is 11.9. The molecule has 0 aromatic rings. The summed E-state index contributed by atoms with van der Waals surface area (Å²) in [5.41, 5.74) is -4.98. The normalized spacial score (nSPS) is 13.9. The second-order valence-corrected chi connectivity index (χ2v) is 4.74. The highest BCUT2D eigenvalue weighted by molar-refractivity contribution is 5.92.